The first-order valence-electron chi connectivity index (χ1n) is 19.3. The van der Waals surface area contributed by atoms with E-state index in [2.05, 4.69) is 13.5 Å². The maximum absolute atomic E-state index is 14.0. The fourth-order valence-corrected chi connectivity index (χ4v) is 9.94. The summed E-state index contributed by atoms with van der Waals surface area (Å²) in [6, 6.07) is 0. The second-order valence-corrected chi connectivity index (χ2v) is 16.6. The first-order chi connectivity index (χ1) is 25.9. The van der Waals surface area contributed by atoms with Crippen molar-refractivity contribution in [2.45, 2.75) is 164 Å². The molecule has 5 fully saturated rings. The molecule has 18 heteroatoms. The molecule has 2 saturated heterocycles. The minimum Gasteiger partial charge on any atom is -0.432 e. The normalized spacial score (nSPS) is 46.0. The number of carbonyl (C=O) groups excluding carboxylic acids is 1. The van der Waals surface area contributed by atoms with Gasteiger partial charge in [0.25, 0.3) is 0 Å². The lowest BCUT2D eigenvalue weighted by molar-refractivity contribution is -0.372. The highest BCUT2D eigenvalue weighted by Gasteiger charge is 2.60. The van der Waals surface area contributed by atoms with Crippen LogP contribution < -0.4 is 0 Å². The van der Waals surface area contributed by atoms with Crippen molar-refractivity contribution < 1.29 is 89.4 Å². The van der Waals surface area contributed by atoms with Crippen molar-refractivity contribution in [3.8, 4) is 0 Å². The van der Waals surface area contributed by atoms with Gasteiger partial charge in [0.1, 0.15) is 54.9 Å². The molecule has 11 N–H and O–H groups in total. The van der Waals surface area contributed by atoms with E-state index in [1.807, 2.05) is 6.92 Å². The van der Waals surface area contributed by atoms with Gasteiger partial charge in [-0.05, 0) is 87.5 Å². The van der Waals surface area contributed by atoms with E-state index in [4.69, 9.17) is 28.4 Å². The van der Waals surface area contributed by atoms with Gasteiger partial charge in [0, 0.05) is 0 Å². The van der Waals surface area contributed by atoms with Crippen LogP contribution in [0.5, 0.6) is 0 Å². The number of ether oxygens (including phenoxy) is 6. The summed E-state index contributed by atoms with van der Waals surface area (Å²) in [5.74, 6) is -0.494. The highest BCUT2D eigenvalue weighted by Crippen LogP contribution is 2.64. The van der Waals surface area contributed by atoms with Crippen LogP contribution in [0.1, 0.15) is 72.1 Å². The fraction of sp³-hybridized carbons (Fsp3) is 0.919. The van der Waals surface area contributed by atoms with Crippen LogP contribution >= 0.6 is 0 Å². The van der Waals surface area contributed by atoms with Gasteiger partial charge in [0.05, 0.1) is 37.4 Å². The second-order valence-electron chi connectivity index (χ2n) is 16.6. The van der Waals surface area contributed by atoms with E-state index in [1.165, 1.54) is 6.92 Å². The quantitative estimate of drug-likeness (QED) is 0.0522. The number of carbonyl (C=O) groups is 1. The van der Waals surface area contributed by atoms with Crippen molar-refractivity contribution >= 4 is 5.97 Å². The third-order valence-electron chi connectivity index (χ3n) is 13.2. The summed E-state index contributed by atoms with van der Waals surface area (Å²) in [6.45, 7) is 7.67. The Bertz CT molecular complexity index is 1280. The highest BCUT2D eigenvalue weighted by molar-refractivity contribution is 5.77. The predicted molar refractivity (Wildman–Crippen MR) is 186 cm³/mol. The monoisotopic (exact) mass is 794 g/mol. The Balaban J connectivity index is 1.31. The Labute approximate surface area is 320 Å². The molecule has 18 nitrogen and oxygen atoms in total. The van der Waals surface area contributed by atoms with E-state index >= 15 is 0 Å². The van der Waals surface area contributed by atoms with Crippen molar-refractivity contribution in [2.24, 2.45) is 28.6 Å². The summed E-state index contributed by atoms with van der Waals surface area (Å²) in [5, 5.41) is 113. The first-order valence-corrected chi connectivity index (χ1v) is 19.3. The molecule has 3 aliphatic carbocycles. The number of fused-ring (bicyclic) bond motifs is 3. The molecule has 2 heterocycles. The van der Waals surface area contributed by atoms with Crippen molar-refractivity contribution in [1.29, 1.82) is 0 Å². The summed E-state index contributed by atoms with van der Waals surface area (Å²) in [5.41, 5.74) is -0.641. The highest BCUT2D eigenvalue weighted by atomic mass is 16.8. The summed E-state index contributed by atoms with van der Waals surface area (Å²) >= 11 is 0. The largest absolute Gasteiger partial charge is 0.432 e. The lowest BCUT2D eigenvalue weighted by Gasteiger charge is -2.59. The molecule has 55 heavy (non-hydrogen) atoms. The number of aliphatic hydroxyl groups is 11. The Morgan fingerprint density at radius 3 is 2.00 bits per heavy atom. The van der Waals surface area contributed by atoms with Crippen molar-refractivity contribution in [3.63, 3.8) is 0 Å². The molecule has 2 aliphatic heterocycles. The third kappa shape index (κ3) is 8.95. The van der Waals surface area contributed by atoms with Crippen LogP contribution in [0, 0.1) is 28.6 Å². The molecule has 5 aliphatic rings. The lowest BCUT2D eigenvalue weighted by Crippen LogP contribution is -2.61. The SMILES string of the molecule is C=C1CC2CCC3[C@](C)(C(=O)OC4OC(CO)C(O)C(O)C4O)CCC[C@@]3(C)[C@@H]2CCC1OC(OC(CO)C(C)O)C(O)OC1OC(CO)C(O)C(O)C1O. The van der Waals surface area contributed by atoms with Crippen LogP contribution in [0.2, 0.25) is 0 Å². The van der Waals surface area contributed by atoms with Gasteiger partial charge in [-0.3, -0.25) is 4.79 Å². The van der Waals surface area contributed by atoms with Crippen LogP contribution in [0.3, 0.4) is 0 Å². The van der Waals surface area contributed by atoms with Gasteiger partial charge < -0.3 is 84.6 Å². The van der Waals surface area contributed by atoms with Crippen LogP contribution in [-0.4, -0.2) is 174 Å². The Morgan fingerprint density at radius 1 is 0.818 bits per heavy atom. The van der Waals surface area contributed by atoms with Crippen molar-refractivity contribution in [1.82, 2.24) is 0 Å². The van der Waals surface area contributed by atoms with Crippen molar-refractivity contribution in [2.75, 3.05) is 19.8 Å². The minimum absolute atomic E-state index is 0.0913. The van der Waals surface area contributed by atoms with Crippen molar-refractivity contribution in [3.05, 3.63) is 12.2 Å². The zero-order chi connectivity index (χ0) is 40.6. The summed E-state index contributed by atoms with van der Waals surface area (Å²) in [4.78, 5) is 14.0. The molecule has 17 unspecified atom stereocenters. The molecule has 0 spiro atoms. The molecule has 0 amide bonds. The molecule has 20 atom stereocenters. The standard InChI is InChI=1S/C37H62O18/c1-16-12-18-6-9-24-36(3,10-5-11-37(24,4)35(49)55-33-30(47)28(45)26(43)23(15-40)53-33)19(18)7-8-20(16)50-34(51-21(13-38)17(2)41)31(48)54-32-29(46)27(44)25(42)22(14-39)52-32/h17-34,38-48H,1,5-15H2,2-4H3/t17?,18?,19-,20?,21?,22?,23?,24?,25?,26?,27?,28?,29?,30?,31?,32?,33?,34?,36+,37-/m1/s1. The number of rotatable bonds is 13. The summed E-state index contributed by atoms with van der Waals surface area (Å²) in [7, 11) is 0. The number of hydrogen-bond acceptors (Lipinski definition) is 18. The molecular formula is C37H62O18. The number of hydrogen-bond donors (Lipinski definition) is 11. The molecule has 0 aromatic rings. The van der Waals surface area contributed by atoms with E-state index < -0.39 is 124 Å². The molecule has 3 saturated carbocycles. The predicted octanol–water partition coefficient (Wildman–Crippen LogP) is -2.49. The van der Waals surface area contributed by atoms with E-state index in [-0.39, 0.29) is 23.2 Å². The smallest absolute Gasteiger partial charge is 0.314 e. The molecule has 0 aromatic carbocycles. The van der Waals surface area contributed by atoms with Gasteiger partial charge in [-0.25, -0.2) is 0 Å². The maximum Gasteiger partial charge on any atom is 0.314 e. The molecular weight excluding hydrogens is 732 g/mol. The molecule has 5 rings (SSSR count). The zero-order valence-electron chi connectivity index (χ0n) is 31.7. The van der Waals surface area contributed by atoms with E-state index in [9.17, 15) is 61.0 Å². The molecule has 0 aromatic heterocycles. The van der Waals surface area contributed by atoms with Gasteiger partial charge in [0.2, 0.25) is 18.9 Å². The van der Waals surface area contributed by atoms with Gasteiger partial charge in [-0.2, -0.15) is 0 Å². The van der Waals surface area contributed by atoms with Gasteiger partial charge in [-0.1, -0.05) is 19.9 Å². The van der Waals surface area contributed by atoms with Crippen LogP contribution in [-0.2, 0) is 33.2 Å². The number of aliphatic hydroxyl groups excluding tert-OH is 11. The lowest BCUT2D eigenvalue weighted by atomic mass is 9.45. The number of esters is 1. The first kappa shape index (κ1) is 44.7. The summed E-state index contributed by atoms with van der Waals surface area (Å²) in [6.07, 6.45) is -18.0. The topological polar surface area (TPSA) is 295 Å². The summed E-state index contributed by atoms with van der Waals surface area (Å²) < 4.78 is 34.2. The third-order valence-corrected chi connectivity index (χ3v) is 13.2. The van der Waals surface area contributed by atoms with Crippen LogP contribution in [0.4, 0.5) is 0 Å². The van der Waals surface area contributed by atoms with Gasteiger partial charge in [-0.15, -0.1) is 0 Å². The molecule has 0 bridgehead atoms. The van der Waals surface area contributed by atoms with E-state index in [1.54, 1.807) is 0 Å². The van der Waals surface area contributed by atoms with Gasteiger partial charge >= 0.3 is 5.97 Å². The Morgan fingerprint density at radius 2 is 1.42 bits per heavy atom. The second kappa shape index (κ2) is 18.2. The molecule has 318 valence electrons. The zero-order valence-corrected chi connectivity index (χ0v) is 31.7. The average molecular weight is 795 g/mol. The van der Waals surface area contributed by atoms with E-state index in [0.717, 1.165) is 12.8 Å². The Hall–Kier alpha value is -1.43. The van der Waals surface area contributed by atoms with Crippen LogP contribution in [0.15, 0.2) is 12.2 Å². The van der Waals surface area contributed by atoms with Crippen LogP contribution in [0.25, 0.3) is 0 Å². The fourth-order valence-electron chi connectivity index (χ4n) is 9.94. The maximum atomic E-state index is 14.0. The van der Waals surface area contributed by atoms with Gasteiger partial charge in [0.15, 0.2) is 6.29 Å². The molecule has 0 radical (unpaired) electrons. The average Bonchev–Trinajstić information content (AvgIpc) is 3.31. The minimum atomic E-state index is -2.02. The Kier molecular flexibility index (Phi) is 14.8. The van der Waals surface area contributed by atoms with E-state index in [0.29, 0.717) is 44.1 Å².